The summed E-state index contributed by atoms with van der Waals surface area (Å²) in [4.78, 5) is 18.8. The lowest BCUT2D eigenvalue weighted by Crippen LogP contribution is -2.26. The molecule has 2 aromatic heterocycles. The number of alkyl halides is 3. The van der Waals surface area contributed by atoms with Crippen LogP contribution in [0.25, 0.3) is 5.69 Å². The largest absolute Gasteiger partial charge is 0.416 e. The molecule has 9 heteroatoms. The molecule has 5 nitrogen and oxygen atoms in total. The van der Waals surface area contributed by atoms with Gasteiger partial charge in [0.2, 0.25) is 0 Å². The van der Waals surface area contributed by atoms with Crippen LogP contribution >= 0.6 is 11.3 Å². The molecule has 0 aliphatic carbocycles. The summed E-state index contributed by atoms with van der Waals surface area (Å²) in [7, 11) is 1.66. The van der Waals surface area contributed by atoms with Gasteiger partial charge < -0.3 is 4.90 Å². The van der Waals surface area contributed by atoms with Crippen molar-refractivity contribution in [1.82, 2.24) is 19.7 Å². The molecule has 0 bridgehead atoms. The Morgan fingerprint density at radius 1 is 1.32 bits per heavy atom. The van der Waals surface area contributed by atoms with E-state index in [1.807, 2.05) is 12.3 Å². The highest BCUT2D eigenvalue weighted by atomic mass is 32.1. The first-order chi connectivity index (χ1) is 13.2. The number of amides is 1. The smallest absolute Gasteiger partial charge is 0.336 e. The molecule has 0 spiro atoms. The fraction of sp³-hybridized carbons (Fsp3) is 0.316. The van der Waals surface area contributed by atoms with Crippen LogP contribution in [0.4, 0.5) is 13.2 Å². The number of aryl methyl sites for hydroxylation is 1. The predicted octanol–water partition coefficient (Wildman–Crippen LogP) is 4.49. The summed E-state index contributed by atoms with van der Waals surface area (Å²) < 4.78 is 40.2. The van der Waals surface area contributed by atoms with Crippen LogP contribution in [-0.2, 0) is 19.1 Å². The summed E-state index contributed by atoms with van der Waals surface area (Å²) in [5.74, 6) is -0.262. The Bertz CT molecular complexity index is 993. The number of halogens is 3. The minimum absolute atomic E-state index is 0.251. The standard InChI is InChI=1S/C19H19F3N4OS/c1-4-17-24-14(11-28-17)10-25(3)18(27)16-9-23-26(12(16)2)15-7-5-6-13(8-15)19(20,21)22/h5-9,11H,4,10H2,1-3H3. The second-order valence-electron chi connectivity index (χ2n) is 6.35. The van der Waals surface area contributed by atoms with Crippen LogP contribution in [0.1, 0.15) is 39.2 Å². The molecule has 28 heavy (non-hydrogen) atoms. The Balaban J connectivity index is 1.83. The minimum atomic E-state index is -4.44. The van der Waals surface area contributed by atoms with E-state index in [0.29, 0.717) is 17.8 Å². The number of thiazole rings is 1. The summed E-state index contributed by atoms with van der Waals surface area (Å²) >= 11 is 1.55. The van der Waals surface area contributed by atoms with Crippen molar-refractivity contribution in [2.45, 2.75) is 33.0 Å². The van der Waals surface area contributed by atoms with Gasteiger partial charge in [-0.25, -0.2) is 9.67 Å². The van der Waals surface area contributed by atoms with Crippen LogP contribution in [0.3, 0.4) is 0 Å². The van der Waals surface area contributed by atoms with Gasteiger partial charge in [-0.05, 0) is 31.5 Å². The minimum Gasteiger partial charge on any atom is -0.336 e. The normalized spacial score (nSPS) is 11.6. The van der Waals surface area contributed by atoms with Crippen LogP contribution in [0.15, 0.2) is 35.8 Å². The van der Waals surface area contributed by atoms with Gasteiger partial charge in [-0.1, -0.05) is 13.0 Å². The number of carbonyl (C=O) groups excluding carboxylic acids is 1. The highest BCUT2D eigenvalue weighted by Crippen LogP contribution is 2.30. The summed E-state index contributed by atoms with van der Waals surface area (Å²) in [6.45, 7) is 4.03. The van der Waals surface area contributed by atoms with Crippen molar-refractivity contribution in [3.05, 3.63) is 63.4 Å². The molecule has 0 unspecified atom stereocenters. The Kier molecular flexibility index (Phi) is 5.55. The van der Waals surface area contributed by atoms with Crippen LogP contribution in [-0.4, -0.2) is 32.6 Å². The molecule has 1 amide bonds. The third-order valence-corrected chi connectivity index (χ3v) is 5.35. The maximum absolute atomic E-state index is 13.0. The molecule has 0 saturated carbocycles. The van der Waals surface area contributed by atoms with Gasteiger partial charge in [-0.15, -0.1) is 11.3 Å². The second-order valence-corrected chi connectivity index (χ2v) is 7.29. The van der Waals surface area contributed by atoms with Gasteiger partial charge in [0.15, 0.2) is 0 Å². The quantitative estimate of drug-likeness (QED) is 0.625. The van der Waals surface area contributed by atoms with E-state index in [-0.39, 0.29) is 11.6 Å². The fourth-order valence-corrected chi connectivity index (χ4v) is 3.53. The molecule has 3 rings (SSSR count). The van der Waals surface area contributed by atoms with Gasteiger partial charge in [-0.3, -0.25) is 4.79 Å². The predicted molar refractivity (Wildman–Crippen MR) is 101 cm³/mol. The zero-order chi connectivity index (χ0) is 20.5. The highest BCUT2D eigenvalue weighted by molar-refractivity contribution is 7.09. The number of hydrogen-bond acceptors (Lipinski definition) is 4. The van der Waals surface area contributed by atoms with E-state index >= 15 is 0 Å². The molecule has 0 saturated heterocycles. The monoisotopic (exact) mass is 408 g/mol. The number of carbonyl (C=O) groups is 1. The van der Waals surface area contributed by atoms with Crippen molar-refractivity contribution >= 4 is 17.2 Å². The third-order valence-electron chi connectivity index (χ3n) is 4.31. The maximum atomic E-state index is 13.0. The Labute approximate surface area is 164 Å². The van der Waals surface area contributed by atoms with Gasteiger partial charge in [0.25, 0.3) is 5.91 Å². The lowest BCUT2D eigenvalue weighted by molar-refractivity contribution is -0.137. The number of aromatic nitrogens is 3. The first kappa shape index (κ1) is 20.1. The molecule has 0 atom stereocenters. The Morgan fingerprint density at radius 2 is 2.07 bits per heavy atom. The first-order valence-corrected chi connectivity index (χ1v) is 9.49. The van der Waals surface area contributed by atoms with Crippen molar-refractivity contribution in [3.63, 3.8) is 0 Å². The molecule has 0 fully saturated rings. The van der Waals surface area contributed by atoms with Gasteiger partial charge in [0.1, 0.15) is 0 Å². The average molecular weight is 408 g/mol. The van der Waals surface area contributed by atoms with Gasteiger partial charge >= 0.3 is 6.18 Å². The third kappa shape index (κ3) is 4.09. The maximum Gasteiger partial charge on any atom is 0.416 e. The number of nitrogens with zero attached hydrogens (tertiary/aromatic N) is 4. The molecule has 0 aliphatic rings. The number of hydrogen-bond donors (Lipinski definition) is 0. The summed E-state index contributed by atoms with van der Waals surface area (Å²) in [6, 6.07) is 4.86. The van der Waals surface area contributed by atoms with Crippen molar-refractivity contribution in [1.29, 1.82) is 0 Å². The van der Waals surface area contributed by atoms with Crippen molar-refractivity contribution in [2.24, 2.45) is 0 Å². The molecule has 1 aromatic carbocycles. The van der Waals surface area contributed by atoms with E-state index in [1.54, 1.807) is 25.3 Å². The van der Waals surface area contributed by atoms with Gasteiger partial charge in [-0.2, -0.15) is 18.3 Å². The fourth-order valence-electron chi connectivity index (χ4n) is 2.80. The zero-order valence-corrected chi connectivity index (χ0v) is 16.4. The van der Waals surface area contributed by atoms with Crippen molar-refractivity contribution < 1.29 is 18.0 Å². The lowest BCUT2D eigenvalue weighted by Gasteiger charge is -2.16. The van der Waals surface area contributed by atoms with E-state index in [9.17, 15) is 18.0 Å². The average Bonchev–Trinajstić information content (AvgIpc) is 3.26. The van der Waals surface area contributed by atoms with E-state index < -0.39 is 11.7 Å². The molecule has 3 aromatic rings. The van der Waals surface area contributed by atoms with Crippen molar-refractivity contribution in [3.8, 4) is 5.69 Å². The van der Waals surface area contributed by atoms with E-state index in [4.69, 9.17) is 0 Å². The van der Waals surface area contributed by atoms with Crippen LogP contribution in [0.5, 0.6) is 0 Å². The molecule has 0 aliphatic heterocycles. The van der Waals surface area contributed by atoms with E-state index in [1.165, 1.54) is 27.9 Å². The number of benzene rings is 1. The van der Waals surface area contributed by atoms with Crippen molar-refractivity contribution in [2.75, 3.05) is 7.05 Å². The van der Waals surface area contributed by atoms with Gasteiger partial charge in [0, 0.05) is 12.4 Å². The first-order valence-electron chi connectivity index (χ1n) is 8.61. The molecule has 0 N–H and O–H groups in total. The molecule has 0 radical (unpaired) electrons. The van der Waals surface area contributed by atoms with Crippen LogP contribution in [0.2, 0.25) is 0 Å². The molecule has 2 heterocycles. The molecular formula is C19H19F3N4OS. The summed E-state index contributed by atoms with van der Waals surface area (Å²) in [5, 5.41) is 7.05. The topological polar surface area (TPSA) is 51.0 Å². The Hall–Kier alpha value is -2.68. The Morgan fingerprint density at radius 3 is 2.71 bits per heavy atom. The molecular weight excluding hydrogens is 389 g/mol. The second kappa shape index (κ2) is 7.75. The lowest BCUT2D eigenvalue weighted by atomic mass is 10.2. The summed E-state index contributed by atoms with van der Waals surface area (Å²) in [5.41, 5.74) is 1.11. The SMILES string of the molecule is CCc1nc(CN(C)C(=O)c2cnn(-c3cccc(C(F)(F)F)c3)c2C)cs1. The van der Waals surface area contributed by atoms with E-state index in [0.717, 1.165) is 29.3 Å². The number of rotatable bonds is 5. The van der Waals surface area contributed by atoms with Crippen LogP contribution < -0.4 is 0 Å². The summed E-state index contributed by atoms with van der Waals surface area (Å²) in [6.07, 6.45) is -2.22. The zero-order valence-electron chi connectivity index (χ0n) is 15.6. The molecule has 148 valence electrons. The van der Waals surface area contributed by atoms with Gasteiger partial charge in [0.05, 0.1) is 46.0 Å². The highest BCUT2D eigenvalue weighted by Gasteiger charge is 2.31. The van der Waals surface area contributed by atoms with Crippen LogP contribution in [0, 0.1) is 6.92 Å². The van der Waals surface area contributed by atoms with E-state index in [2.05, 4.69) is 10.1 Å².